The van der Waals surface area contributed by atoms with Crippen molar-refractivity contribution < 1.29 is 19.5 Å². The van der Waals surface area contributed by atoms with Crippen molar-refractivity contribution >= 4 is 17.8 Å². The van der Waals surface area contributed by atoms with Crippen LogP contribution in [0, 0.1) is 0 Å². The number of aliphatic carboxylic acids is 1. The predicted octanol–water partition coefficient (Wildman–Crippen LogP) is 0.513. The van der Waals surface area contributed by atoms with Crippen LogP contribution in [0.4, 0.5) is 0 Å². The first kappa shape index (κ1) is 12.6. The van der Waals surface area contributed by atoms with Crippen molar-refractivity contribution in [3.05, 3.63) is 48.0 Å². The first-order valence-electron chi connectivity index (χ1n) is 4.86. The first-order valence-corrected chi connectivity index (χ1v) is 4.86. The Morgan fingerprint density at radius 1 is 1.06 bits per heavy atom. The number of carbonyl (C=O) groups is 3. The molecule has 0 bridgehead atoms. The van der Waals surface area contributed by atoms with Gasteiger partial charge in [0.1, 0.15) is 0 Å². The molecule has 2 N–H and O–H groups in total. The van der Waals surface area contributed by atoms with Crippen molar-refractivity contribution in [1.29, 1.82) is 0 Å². The van der Waals surface area contributed by atoms with Gasteiger partial charge >= 0.3 is 5.97 Å². The Balaban J connectivity index is 0.000000181. The van der Waals surface area contributed by atoms with Crippen molar-refractivity contribution in [3.8, 4) is 0 Å². The average molecular weight is 233 g/mol. The number of imide groups is 1. The van der Waals surface area contributed by atoms with Gasteiger partial charge in [0.2, 0.25) is 0 Å². The number of carboxylic acids is 1. The molecule has 1 aromatic carbocycles. The molecule has 5 heteroatoms. The van der Waals surface area contributed by atoms with E-state index < -0.39 is 5.97 Å². The van der Waals surface area contributed by atoms with Crippen molar-refractivity contribution in [3.63, 3.8) is 0 Å². The molecule has 1 aliphatic rings. The van der Waals surface area contributed by atoms with Crippen molar-refractivity contribution in [1.82, 2.24) is 5.32 Å². The summed E-state index contributed by atoms with van der Waals surface area (Å²) < 4.78 is 0. The third-order valence-corrected chi connectivity index (χ3v) is 1.83. The minimum absolute atomic E-state index is 0.112. The van der Waals surface area contributed by atoms with Gasteiger partial charge in [-0.25, -0.2) is 0 Å². The predicted molar refractivity (Wildman–Crippen MR) is 60.1 cm³/mol. The summed E-state index contributed by atoms with van der Waals surface area (Å²) in [5, 5.41) is 10.4. The van der Waals surface area contributed by atoms with Crippen molar-refractivity contribution in [2.24, 2.45) is 0 Å². The second kappa shape index (κ2) is 6.22. The summed E-state index contributed by atoms with van der Waals surface area (Å²) in [4.78, 5) is 30.2. The van der Waals surface area contributed by atoms with Gasteiger partial charge in [-0.05, 0) is 5.56 Å². The highest BCUT2D eigenvalue weighted by Gasteiger charge is 2.06. The Morgan fingerprint density at radius 3 is 1.94 bits per heavy atom. The van der Waals surface area contributed by atoms with Gasteiger partial charge in [0.05, 0.1) is 6.42 Å². The fraction of sp³-hybridized carbons (Fsp3) is 0.0833. The molecule has 0 radical (unpaired) electrons. The molecule has 0 atom stereocenters. The van der Waals surface area contributed by atoms with Crippen molar-refractivity contribution in [2.75, 3.05) is 0 Å². The second-order valence-electron chi connectivity index (χ2n) is 3.24. The molecule has 0 saturated heterocycles. The smallest absolute Gasteiger partial charge is 0.307 e. The third kappa shape index (κ3) is 5.27. The molecule has 0 unspecified atom stereocenters. The van der Waals surface area contributed by atoms with E-state index in [1.807, 2.05) is 23.5 Å². The lowest BCUT2D eigenvalue weighted by Gasteiger charge is -1.92. The quantitative estimate of drug-likeness (QED) is 0.729. The lowest BCUT2D eigenvalue weighted by Crippen LogP contribution is -2.19. The highest BCUT2D eigenvalue weighted by molar-refractivity contribution is 6.12. The number of benzene rings is 1. The fourth-order valence-electron chi connectivity index (χ4n) is 1.13. The van der Waals surface area contributed by atoms with Crippen LogP contribution in [0.1, 0.15) is 5.56 Å². The van der Waals surface area contributed by atoms with Crippen LogP contribution in [0.25, 0.3) is 0 Å². The molecule has 17 heavy (non-hydrogen) atoms. The van der Waals surface area contributed by atoms with Crippen LogP contribution in [0.3, 0.4) is 0 Å². The van der Waals surface area contributed by atoms with Crippen LogP contribution in [-0.4, -0.2) is 22.9 Å². The maximum absolute atomic E-state index is 10.2. The first-order chi connectivity index (χ1) is 8.08. The molecular weight excluding hydrogens is 222 g/mol. The largest absolute Gasteiger partial charge is 0.481 e. The summed E-state index contributed by atoms with van der Waals surface area (Å²) in [6, 6.07) is 9.13. The molecule has 0 aliphatic carbocycles. The molecule has 5 nitrogen and oxygen atoms in total. The Labute approximate surface area is 97.8 Å². The molecule has 2 amide bonds. The number of carboxylic acid groups (broad SMARTS) is 1. The summed E-state index contributed by atoms with van der Waals surface area (Å²) in [5.41, 5.74) is 0.843. The lowest BCUT2D eigenvalue weighted by molar-refractivity contribution is -0.136. The summed E-state index contributed by atoms with van der Waals surface area (Å²) >= 11 is 0. The Morgan fingerprint density at radius 2 is 1.59 bits per heavy atom. The molecule has 1 aromatic rings. The average Bonchev–Trinajstić information content (AvgIpc) is 2.64. The van der Waals surface area contributed by atoms with E-state index in [0.717, 1.165) is 5.56 Å². The molecule has 1 aliphatic heterocycles. The minimum Gasteiger partial charge on any atom is -0.481 e. The van der Waals surface area contributed by atoms with Crippen LogP contribution < -0.4 is 5.32 Å². The third-order valence-electron chi connectivity index (χ3n) is 1.83. The fourth-order valence-corrected chi connectivity index (χ4v) is 1.13. The van der Waals surface area contributed by atoms with E-state index in [9.17, 15) is 14.4 Å². The van der Waals surface area contributed by atoms with E-state index >= 15 is 0 Å². The summed E-state index contributed by atoms with van der Waals surface area (Å²) in [5.74, 6) is -1.44. The molecule has 0 fully saturated rings. The molecule has 0 spiro atoms. The van der Waals surface area contributed by atoms with Gasteiger partial charge in [0.15, 0.2) is 0 Å². The van der Waals surface area contributed by atoms with E-state index in [-0.39, 0.29) is 18.2 Å². The zero-order valence-electron chi connectivity index (χ0n) is 8.92. The maximum atomic E-state index is 10.2. The highest BCUT2D eigenvalue weighted by atomic mass is 16.4. The number of carbonyl (C=O) groups excluding carboxylic acids is 2. The van der Waals surface area contributed by atoms with Gasteiger partial charge in [-0.15, -0.1) is 0 Å². The SMILES string of the molecule is O=C(O)Cc1ccccc1.O=C1C=CC(=O)N1. The normalized spacial score (nSPS) is 12.7. The Bertz CT molecular complexity index is 435. The monoisotopic (exact) mass is 233 g/mol. The van der Waals surface area contributed by atoms with Crippen LogP contribution in [0.2, 0.25) is 0 Å². The van der Waals surface area contributed by atoms with Crippen LogP contribution in [0.5, 0.6) is 0 Å². The van der Waals surface area contributed by atoms with Crippen LogP contribution in [0.15, 0.2) is 42.5 Å². The van der Waals surface area contributed by atoms with E-state index in [1.54, 1.807) is 12.1 Å². The number of rotatable bonds is 2. The molecule has 0 aromatic heterocycles. The summed E-state index contributed by atoms with van der Waals surface area (Å²) in [7, 11) is 0. The lowest BCUT2D eigenvalue weighted by atomic mass is 10.2. The number of nitrogens with one attached hydrogen (secondary N) is 1. The molecule has 1 heterocycles. The number of hydrogen-bond acceptors (Lipinski definition) is 3. The highest BCUT2D eigenvalue weighted by Crippen LogP contribution is 1.98. The molecule has 0 saturated carbocycles. The molecule has 88 valence electrons. The van der Waals surface area contributed by atoms with Gasteiger partial charge in [-0.3, -0.25) is 19.7 Å². The van der Waals surface area contributed by atoms with Crippen molar-refractivity contribution in [2.45, 2.75) is 6.42 Å². The van der Waals surface area contributed by atoms with E-state index in [0.29, 0.717) is 0 Å². The van der Waals surface area contributed by atoms with Crippen LogP contribution >= 0.6 is 0 Å². The van der Waals surface area contributed by atoms with Gasteiger partial charge in [0.25, 0.3) is 11.8 Å². The topological polar surface area (TPSA) is 83.5 Å². The zero-order valence-corrected chi connectivity index (χ0v) is 8.92. The minimum atomic E-state index is -0.786. The molecule has 2 rings (SSSR count). The van der Waals surface area contributed by atoms with E-state index in [1.165, 1.54) is 12.2 Å². The van der Waals surface area contributed by atoms with Crippen LogP contribution in [-0.2, 0) is 20.8 Å². The second-order valence-corrected chi connectivity index (χ2v) is 3.24. The van der Waals surface area contributed by atoms with Gasteiger partial charge < -0.3 is 5.11 Å². The standard InChI is InChI=1S/C8H8O2.C4H3NO2/c9-8(10)6-7-4-2-1-3-5-7;6-3-1-2-4(7)5-3/h1-5H,6H2,(H,9,10);1-2H,(H,5,6,7). The van der Waals surface area contributed by atoms with Gasteiger partial charge in [-0.1, -0.05) is 30.3 Å². The number of amides is 2. The summed E-state index contributed by atoms with van der Waals surface area (Å²) in [6.45, 7) is 0. The van der Waals surface area contributed by atoms with Gasteiger partial charge in [0, 0.05) is 12.2 Å². The van der Waals surface area contributed by atoms with E-state index in [4.69, 9.17) is 5.11 Å². The van der Waals surface area contributed by atoms with Gasteiger partial charge in [-0.2, -0.15) is 0 Å². The maximum Gasteiger partial charge on any atom is 0.307 e. The van der Waals surface area contributed by atoms with E-state index in [2.05, 4.69) is 0 Å². The molecular formula is C12H11NO4. The number of hydrogen-bond donors (Lipinski definition) is 2. The zero-order chi connectivity index (χ0) is 12.7. The summed E-state index contributed by atoms with van der Waals surface area (Å²) in [6.07, 6.45) is 2.51. The Hall–Kier alpha value is -2.43. The Kier molecular flexibility index (Phi) is 4.62.